The Morgan fingerprint density at radius 1 is 1.38 bits per heavy atom. The summed E-state index contributed by atoms with van der Waals surface area (Å²) in [4.78, 5) is 16.2. The van der Waals surface area contributed by atoms with Crippen molar-refractivity contribution in [3.63, 3.8) is 0 Å². The van der Waals surface area contributed by atoms with Crippen LogP contribution in [-0.4, -0.2) is 9.91 Å². The average Bonchev–Trinajstić information content (AvgIpc) is 2.77. The molecular formula is C13H17N5O2S. The van der Waals surface area contributed by atoms with Gasteiger partial charge in [-0.3, -0.25) is 16.0 Å². The number of hydrogen-bond donors (Lipinski definition) is 3. The summed E-state index contributed by atoms with van der Waals surface area (Å²) < 4.78 is 0. The van der Waals surface area contributed by atoms with E-state index in [9.17, 15) is 10.1 Å². The number of thiazole rings is 1. The number of nitrogen functional groups attached to an aromatic ring is 1. The molecule has 7 nitrogen and oxygen atoms in total. The molecule has 1 unspecified atom stereocenters. The van der Waals surface area contributed by atoms with Gasteiger partial charge in [-0.25, -0.2) is 4.98 Å². The Kier molecular flexibility index (Phi) is 4.39. The third-order valence-corrected chi connectivity index (χ3v) is 4.33. The maximum Gasteiger partial charge on any atom is 0.316 e. The summed E-state index contributed by atoms with van der Waals surface area (Å²) in [5.41, 5.74) is 3.93. The number of rotatable bonds is 5. The van der Waals surface area contributed by atoms with Crippen molar-refractivity contribution in [2.45, 2.75) is 26.8 Å². The predicted molar refractivity (Wildman–Crippen MR) is 84.5 cm³/mol. The van der Waals surface area contributed by atoms with Crippen LogP contribution in [0.5, 0.6) is 0 Å². The van der Waals surface area contributed by atoms with Crippen LogP contribution < -0.4 is 16.6 Å². The lowest BCUT2D eigenvalue weighted by Crippen LogP contribution is -2.12. The molecule has 112 valence electrons. The minimum Gasteiger partial charge on any atom is -0.372 e. The van der Waals surface area contributed by atoms with E-state index in [0.717, 1.165) is 15.6 Å². The Hall–Kier alpha value is -2.19. The molecular weight excluding hydrogens is 290 g/mol. The van der Waals surface area contributed by atoms with Crippen molar-refractivity contribution < 1.29 is 4.92 Å². The van der Waals surface area contributed by atoms with Gasteiger partial charge in [0.2, 0.25) is 0 Å². The highest BCUT2D eigenvalue weighted by Crippen LogP contribution is 2.35. The number of nitro benzene ring substituents is 1. The molecule has 2 rings (SSSR count). The van der Waals surface area contributed by atoms with E-state index in [-0.39, 0.29) is 17.4 Å². The van der Waals surface area contributed by atoms with Gasteiger partial charge in [0.1, 0.15) is 11.4 Å². The Bertz CT molecular complexity index is 671. The number of aryl methyl sites for hydroxylation is 2. The third-order valence-electron chi connectivity index (χ3n) is 3.08. The number of aromatic nitrogens is 1. The van der Waals surface area contributed by atoms with E-state index in [1.165, 1.54) is 0 Å². The van der Waals surface area contributed by atoms with Crippen LogP contribution in [0.4, 0.5) is 17.1 Å². The second kappa shape index (κ2) is 6.06. The second-order valence-electron chi connectivity index (χ2n) is 4.65. The first-order valence-electron chi connectivity index (χ1n) is 6.38. The van der Waals surface area contributed by atoms with E-state index in [1.807, 2.05) is 20.8 Å². The molecule has 1 aromatic carbocycles. The Labute approximate surface area is 126 Å². The van der Waals surface area contributed by atoms with Crippen molar-refractivity contribution in [3.05, 3.63) is 43.9 Å². The van der Waals surface area contributed by atoms with Gasteiger partial charge in [-0.15, -0.1) is 11.3 Å². The quantitative estimate of drug-likeness (QED) is 0.445. The molecule has 8 heteroatoms. The highest BCUT2D eigenvalue weighted by atomic mass is 32.1. The molecule has 0 amide bonds. The SMILES string of the molecule is Cc1nc(C)c(C(C)Nc2cccc(NN)c2[N+](=O)[O-])s1. The fraction of sp³-hybridized carbons (Fsp3) is 0.308. The van der Waals surface area contributed by atoms with Crippen LogP contribution in [-0.2, 0) is 0 Å². The fourth-order valence-electron chi connectivity index (χ4n) is 2.22. The van der Waals surface area contributed by atoms with Gasteiger partial charge in [0, 0.05) is 4.88 Å². The van der Waals surface area contributed by atoms with Gasteiger partial charge in [-0.2, -0.15) is 0 Å². The molecule has 0 fully saturated rings. The van der Waals surface area contributed by atoms with Crippen LogP contribution in [0.15, 0.2) is 18.2 Å². The van der Waals surface area contributed by atoms with Gasteiger partial charge in [0.15, 0.2) is 0 Å². The van der Waals surface area contributed by atoms with Gasteiger partial charge < -0.3 is 10.7 Å². The topological polar surface area (TPSA) is 106 Å². The first kappa shape index (κ1) is 15.2. The summed E-state index contributed by atoms with van der Waals surface area (Å²) in [6, 6.07) is 4.86. The number of nitrogens with zero attached hydrogens (tertiary/aromatic N) is 2. The molecule has 0 saturated heterocycles. The lowest BCUT2D eigenvalue weighted by molar-refractivity contribution is -0.383. The maximum absolute atomic E-state index is 11.3. The monoisotopic (exact) mass is 307 g/mol. The van der Waals surface area contributed by atoms with E-state index in [1.54, 1.807) is 29.5 Å². The van der Waals surface area contributed by atoms with E-state index < -0.39 is 4.92 Å². The van der Waals surface area contributed by atoms with Crippen LogP contribution in [0, 0.1) is 24.0 Å². The molecule has 0 bridgehead atoms. The summed E-state index contributed by atoms with van der Waals surface area (Å²) in [5, 5.41) is 15.4. The predicted octanol–water partition coefficient (Wildman–Crippen LogP) is 3.13. The van der Waals surface area contributed by atoms with Crippen molar-refractivity contribution in [2.75, 3.05) is 10.7 Å². The first-order chi connectivity index (χ1) is 9.93. The smallest absolute Gasteiger partial charge is 0.316 e. The van der Waals surface area contributed by atoms with Crippen LogP contribution in [0.3, 0.4) is 0 Å². The van der Waals surface area contributed by atoms with Crippen molar-refractivity contribution in [3.8, 4) is 0 Å². The summed E-state index contributed by atoms with van der Waals surface area (Å²) in [7, 11) is 0. The number of hydrazine groups is 1. The highest BCUT2D eigenvalue weighted by Gasteiger charge is 2.22. The highest BCUT2D eigenvalue weighted by molar-refractivity contribution is 7.11. The van der Waals surface area contributed by atoms with E-state index >= 15 is 0 Å². The molecule has 21 heavy (non-hydrogen) atoms. The number of hydrogen-bond acceptors (Lipinski definition) is 7. The van der Waals surface area contributed by atoms with Crippen molar-refractivity contribution in [1.29, 1.82) is 0 Å². The minimum atomic E-state index is -0.449. The minimum absolute atomic E-state index is 0.0641. The zero-order chi connectivity index (χ0) is 15.6. The molecule has 0 saturated carbocycles. The van der Waals surface area contributed by atoms with Crippen molar-refractivity contribution in [1.82, 2.24) is 4.98 Å². The molecule has 1 atom stereocenters. The number of nitrogens with two attached hydrogens (primary N) is 1. The van der Waals surface area contributed by atoms with Crippen LogP contribution in [0.1, 0.15) is 28.5 Å². The fourth-order valence-corrected chi connectivity index (χ4v) is 3.15. The molecule has 0 radical (unpaired) electrons. The second-order valence-corrected chi connectivity index (χ2v) is 5.89. The van der Waals surface area contributed by atoms with E-state index in [0.29, 0.717) is 5.69 Å². The normalized spacial score (nSPS) is 12.0. The summed E-state index contributed by atoms with van der Waals surface area (Å²) in [5.74, 6) is 5.34. The number of para-hydroxylation sites is 1. The molecule has 1 heterocycles. The lowest BCUT2D eigenvalue weighted by Gasteiger charge is -2.15. The molecule has 2 aromatic rings. The van der Waals surface area contributed by atoms with Gasteiger partial charge in [-0.1, -0.05) is 6.07 Å². The largest absolute Gasteiger partial charge is 0.372 e. The number of anilines is 2. The third kappa shape index (κ3) is 3.11. The van der Waals surface area contributed by atoms with Crippen molar-refractivity contribution >= 4 is 28.4 Å². The van der Waals surface area contributed by atoms with Gasteiger partial charge in [-0.05, 0) is 32.9 Å². The molecule has 4 N–H and O–H groups in total. The molecule has 0 aliphatic heterocycles. The summed E-state index contributed by atoms with van der Waals surface area (Å²) >= 11 is 1.58. The molecule has 1 aromatic heterocycles. The van der Waals surface area contributed by atoms with Gasteiger partial charge >= 0.3 is 5.69 Å². The first-order valence-corrected chi connectivity index (χ1v) is 7.20. The van der Waals surface area contributed by atoms with E-state index in [2.05, 4.69) is 15.7 Å². The number of nitro groups is 1. The zero-order valence-corrected chi connectivity index (χ0v) is 12.8. The average molecular weight is 307 g/mol. The van der Waals surface area contributed by atoms with Crippen LogP contribution in [0.25, 0.3) is 0 Å². The zero-order valence-electron chi connectivity index (χ0n) is 12.0. The number of nitrogens with one attached hydrogen (secondary N) is 2. The Balaban J connectivity index is 2.35. The molecule has 0 aliphatic carbocycles. The summed E-state index contributed by atoms with van der Waals surface area (Å²) in [6.07, 6.45) is 0. The van der Waals surface area contributed by atoms with Crippen LogP contribution >= 0.6 is 11.3 Å². The van der Waals surface area contributed by atoms with E-state index in [4.69, 9.17) is 5.84 Å². The number of benzene rings is 1. The lowest BCUT2D eigenvalue weighted by atomic mass is 10.2. The maximum atomic E-state index is 11.3. The Morgan fingerprint density at radius 2 is 2.05 bits per heavy atom. The molecule has 0 aliphatic rings. The van der Waals surface area contributed by atoms with Crippen molar-refractivity contribution in [2.24, 2.45) is 5.84 Å². The Morgan fingerprint density at radius 3 is 2.57 bits per heavy atom. The summed E-state index contributed by atoms with van der Waals surface area (Å²) in [6.45, 7) is 5.82. The van der Waals surface area contributed by atoms with Gasteiger partial charge in [0.25, 0.3) is 0 Å². The van der Waals surface area contributed by atoms with Gasteiger partial charge in [0.05, 0.1) is 21.7 Å². The standard InChI is InChI=1S/C13H17N5O2S/c1-7-13(21-9(3)15-7)8(2)16-10-5-4-6-11(17-14)12(10)18(19)20/h4-6,8,16-17H,14H2,1-3H3. The van der Waals surface area contributed by atoms with Crippen LogP contribution in [0.2, 0.25) is 0 Å². The molecule has 0 spiro atoms.